The number of rotatable bonds is 6. The van der Waals surface area contributed by atoms with Gasteiger partial charge in [-0.1, -0.05) is 146 Å². The Hall–Kier alpha value is -6.32. The summed E-state index contributed by atoms with van der Waals surface area (Å²) in [5.74, 6) is 1.41. The van der Waals surface area contributed by atoms with Gasteiger partial charge in [0.05, 0.1) is 11.2 Å². The number of para-hydroxylation sites is 1. The Morgan fingerprint density at radius 1 is 0.588 bits per heavy atom. The van der Waals surface area contributed by atoms with Gasteiger partial charge in [-0.3, -0.25) is 0 Å². The lowest BCUT2D eigenvalue weighted by Crippen LogP contribution is -2.21. The van der Waals surface area contributed by atoms with Crippen molar-refractivity contribution in [3.8, 4) is 33.8 Å². The van der Waals surface area contributed by atoms with Gasteiger partial charge in [0.1, 0.15) is 0 Å². The van der Waals surface area contributed by atoms with Crippen molar-refractivity contribution in [3.63, 3.8) is 0 Å². The number of benzene rings is 6. The number of allylic oxidation sites excluding steroid dienone is 7. The quantitative estimate of drug-likeness (QED) is 0.194. The van der Waals surface area contributed by atoms with Crippen molar-refractivity contribution in [3.05, 3.63) is 192 Å². The summed E-state index contributed by atoms with van der Waals surface area (Å²) < 4.78 is 0. The maximum Gasteiger partial charge on any atom is 0.160 e. The first-order chi connectivity index (χ1) is 25.1. The molecule has 3 heteroatoms. The van der Waals surface area contributed by atoms with Crippen LogP contribution in [-0.4, -0.2) is 9.97 Å². The van der Waals surface area contributed by atoms with Crippen molar-refractivity contribution < 1.29 is 0 Å². The molecule has 0 radical (unpaired) electrons. The van der Waals surface area contributed by atoms with Crippen LogP contribution in [0.2, 0.25) is 0 Å². The highest BCUT2D eigenvalue weighted by Gasteiger charge is 2.29. The van der Waals surface area contributed by atoms with Crippen LogP contribution in [0.1, 0.15) is 18.1 Å². The highest BCUT2D eigenvalue weighted by atomic mass is 14.9. The molecule has 9 rings (SSSR count). The number of aromatic nitrogens is 2. The minimum atomic E-state index is 0.342. The van der Waals surface area contributed by atoms with Crippen molar-refractivity contribution in [2.24, 2.45) is 11.8 Å². The number of nitrogens with one attached hydrogen (secondary N) is 1. The van der Waals surface area contributed by atoms with E-state index in [4.69, 9.17) is 9.97 Å². The van der Waals surface area contributed by atoms with E-state index in [1.54, 1.807) is 0 Å². The second kappa shape index (κ2) is 12.9. The number of hydrogen-bond donors (Lipinski definition) is 1. The Labute approximate surface area is 299 Å². The Morgan fingerprint density at radius 2 is 1.27 bits per heavy atom. The van der Waals surface area contributed by atoms with E-state index in [0.29, 0.717) is 17.7 Å². The van der Waals surface area contributed by atoms with Crippen molar-refractivity contribution >= 4 is 32.9 Å². The van der Waals surface area contributed by atoms with Crippen molar-refractivity contribution in [2.75, 3.05) is 5.32 Å². The summed E-state index contributed by atoms with van der Waals surface area (Å²) in [5.41, 5.74) is 13.6. The van der Waals surface area contributed by atoms with Crippen LogP contribution >= 0.6 is 0 Å². The van der Waals surface area contributed by atoms with Gasteiger partial charge in [-0.2, -0.15) is 0 Å². The van der Waals surface area contributed by atoms with Crippen LogP contribution in [0.15, 0.2) is 181 Å². The Kier molecular flexibility index (Phi) is 7.74. The molecule has 0 saturated heterocycles. The van der Waals surface area contributed by atoms with Crippen molar-refractivity contribution in [1.82, 2.24) is 9.97 Å². The molecule has 0 amide bonds. The second-order valence-corrected chi connectivity index (χ2v) is 13.6. The average Bonchev–Trinajstić information content (AvgIpc) is 3.18. The number of nitrogens with zero attached hydrogens (tertiary/aromatic N) is 2. The molecule has 2 unspecified atom stereocenters. The lowest BCUT2D eigenvalue weighted by atomic mass is 9.74. The second-order valence-electron chi connectivity index (χ2n) is 13.6. The predicted octanol–water partition coefficient (Wildman–Crippen LogP) is 12.2. The van der Waals surface area contributed by atoms with Crippen LogP contribution in [0, 0.1) is 18.8 Å². The van der Waals surface area contributed by atoms with E-state index in [1.807, 2.05) is 6.07 Å². The first-order valence-corrected chi connectivity index (χ1v) is 17.7. The summed E-state index contributed by atoms with van der Waals surface area (Å²) in [4.78, 5) is 10.2. The first-order valence-electron chi connectivity index (χ1n) is 17.7. The van der Waals surface area contributed by atoms with Crippen molar-refractivity contribution in [2.45, 2.75) is 13.8 Å². The van der Waals surface area contributed by atoms with Gasteiger partial charge in [0.15, 0.2) is 5.82 Å². The molecule has 244 valence electrons. The lowest BCUT2D eigenvalue weighted by Gasteiger charge is -2.32. The molecule has 0 spiro atoms. The molecular weight excluding hydrogens is 619 g/mol. The van der Waals surface area contributed by atoms with Gasteiger partial charge >= 0.3 is 0 Å². The summed E-state index contributed by atoms with van der Waals surface area (Å²) in [7, 11) is 0. The molecule has 2 aliphatic carbocycles. The van der Waals surface area contributed by atoms with Gasteiger partial charge in [0, 0.05) is 39.4 Å². The van der Waals surface area contributed by atoms with E-state index in [2.05, 4.69) is 183 Å². The lowest BCUT2D eigenvalue weighted by molar-refractivity contribution is 0.581. The molecule has 0 aliphatic heterocycles. The van der Waals surface area contributed by atoms with Gasteiger partial charge in [-0.05, 0) is 81.8 Å². The molecule has 0 saturated carbocycles. The number of hydrogen-bond acceptors (Lipinski definition) is 3. The zero-order chi connectivity index (χ0) is 34.3. The highest BCUT2D eigenvalue weighted by molar-refractivity contribution is 6.01. The van der Waals surface area contributed by atoms with Crippen molar-refractivity contribution in [1.29, 1.82) is 0 Å². The van der Waals surface area contributed by atoms with Gasteiger partial charge in [-0.15, -0.1) is 0 Å². The average molecular weight is 656 g/mol. The van der Waals surface area contributed by atoms with Crippen LogP contribution in [-0.2, 0) is 0 Å². The number of aryl methyl sites for hydroxylation is 1. The van der Waals surface area contributed by atoms with E-state index >= 15 is 0 Å². The molecule has 1 N–H and O–H groups in total. The summed E-state index contributed by atoms with van der Waals surface area (Å²) in [5, 5.41) is 7.38. The summed E-state index contributed by atoms with van der Waals surface area (Å²) in [6.45, 7) is 4.47. The monoisotopic (exact) mass is 655 g/mol. The fourth-order valence-corrected chi connectivity index (χ4v) is 7.71. The van der Waals surface area contributed by atoms with E-state index in [-0.39, 0.29) is 0 Å². The molecule has 7 aromatic rings. The third kappa shape index (κ3) is 5.67. The standard InChI is InChI=1S/C48H37N3/c1-31-12-3-5-15-38(31)34-22-24-35(25-23-34)47-43-19-9-10-21-44(43)50-48(51-47)36-26-28-37(29-27-36)49-45-30-32(2)39-16-7-8-18-41(39)46(45)42-20-11-14-33-13-4-6-17-40(33)42/h3-30,32,39,49H,1-2H3. The van der Waals surface area contributed by atoms with E-state index in [0.717, 1.165) is 39.1 Å². The van der Waals surface area contributed by atoms with Gasteiger partial charge in [0.25, 0.3) is 0 Å². The Balaban J connectivity index is 1.06. The maximum absolute atomic E-state index is 5.18. The van der Waals surface area contributed by atoms with Gasteiger partial charge in [0.2, 0.25) is 0 Å². The highest BCUT2D eigenvalue weighted by Crippen LogP contribution is 2.44. The molecule has 3 nitrogen and oxygen atoms in total. The number of fused-ring (bicyclic) bond motifs is 3. The van der Waals surface area contributed by atoms with E-state index in [9.17, 15) is 0 Å². The largest absolute Gasteiger partial charge is 0.355 e. The molecular formula is C48H37N3. The molecule has 2 atom stereocenters. The van der Waals surface area contributed by atoms with Gasteiger partial charge in [-0.25, -0.2) is 9.97 Å². The molecule has 6 aromatic carbocycles. The molecule has 51 heavy (non-hydrogen) atoms. The molecule has 1 aromatic heterocycles. The van der Waals surface area contributed by atoms with E-state index in [1.165, 1.54) is 44.2 Å². The van der Waals surface area contributed by atoms with Crippen LogP contribution < -0.4 is 5.32 Å². The summed E-state index contributed by atoms with van der Waals surface area (Å²) in [6.07, 6.45) is 11.4. The molecule has 2 aliphatic rings. The molecule has 0 fully saturated rings. The Bertz CT molecular complexity index is 2560. The van der Waals surface area contributed by atoms with E-state index < -0.39 is 0 Å². The zero-order valence-electron chi connectivity index (χ0n) is 28.7. The van der Waals surface area contributed by atoms with Crippen LogP contribution in [0.4, 0.5) is 5.69 Å². The van der Waals surface area contributed by atoms with Gasteiger partial charge < -0.3 is 5.32 Å². The predicted molar refractivity (Wildman–Crippen MR) is 214 cm³/mol. The number of anilines is 1. The third-order valence-electron chi connectivity index (χ3n) is 10.3. The molecule has 0 bridgehead atoms. The minimum absolute atomic E-state index is 0.342. The topological polar surface area (TPSA) is 37.8 Å². The van der Waals surface area contributed by atoms with Crippen LogP contribution in [0.3, 0.4) is 0 Å². The fraction of sp³-hybridized carbons (Fsp3) is 0.0833. The SMILES string of the molecule is Cc1ccccc1-c1ccc(-c2nc(-c3ccc(NC4=CC(C)C5C=CC=CC5=C4c4cccc5ccccc45)cc3)nc3ccccc23)cc1. The Morgan fingerprint density at radius 3 is 2.12 bits per heavy atom. The zero-order valence-corrected chi connectivity index (χ0v) is 28.7. The normalized spacial score (nSPS) is 16.7. The first kappa shape index (κ1) is 30.7. The van der Waals surface area contributed by atoms with Crippen LogP contribution in [0.25, 0.3) is 61.0 Å². The smallest absolute Gasteiger partial charge is 0.160 e. The summed E-state index contributed by atoms with van der Waals surface area (Å²) in [6, 6.07) is 49.4. The third-order valence-corrected chi connectivity index (χ3v) is 10.3. The summed E-state index contributed by atoms with van der Waals surface area (Å²) >= 11 is 0. The van der Waals surface area contributed by atoms with Crippen LogP contribution in [0.5, 0.6) is 0 Å². The maximum atomic E-state index is 5.18. The molecule has 1 heterocycles. The minimum Gasteiger partial charge on any atom is -0.355 e. The fourth-order valence-electron chi connectivity index (χ4n) is 7.71.